The molecular weight excluding hydrogens is 516 g/mol. The van der Waals surface area contributed by atoms with E-state index >= 15 is 0 Å². The first-order valence-electron chi connectivity index (χ1n) is 13.7. The summed E-state index contributed by atoms with van der Waals surface area (Å²) in [5.74, 6) is 1.38. The number of hydrogen-bond acceptors (Lipinski definition) is 9. The van der Waals surface area contributed by atoms with Crippen molar-refractivity contribution >= 4 is 38.4 Å². The van der Waals surface area contributed by atoms with E-state index < -0.39 is 9.84 Å². The number of Topliss-reactive ketones (excluding diaryl/α,β-unsaturated/α-hetero) is 1. The van der Waals surface area contributed by atoms with E-state index in [9.17, 15) is 18.0 Å². The van der Waals surface area contributed by atoms with Gasteiger partial charge >= 0.3 is 0 Å². The lowest BCUT2D eigenvalue weighted by atomic mass is 9.90. The van der Waals surface area contributed by atoms with Crippen LogP contribution in [-0.4, -0.2) is 70.3 Å². The van der Waals surface area contributed by atoms with Gasteiger partial charge in [-0.25, -0.2) is 18.4 Å². The molecule has 0 atom stereocenters. The monoisotopic (exact) mass is 552 g/mol. The first-order valence-corrected chi connectivity index (χ1v) is 15.8. The first-order chi connectivity index (χ1) is 18.7. The number of carbonyl (C=O) groups is 1. The van der Waals surface area contributed by atoms with Crippen LogP contribution in [0.15, 0.2) is 35.4 Å². The molecule has 0 radical (unpaired) electrons. The second kappa shape index (κ2) is 11.5. The fourth-order valence-corrected chi connectivity index (χ4v) is 6.46. The number of piperidine rings is 1. The summed E-state index contributed by atoms with van der Waals surface area (Å²) in [6.07, 6.45) is 11.4. The highest BCUT2D eigenvalue weighted by atomic mass is 32.2. The minimum absolute atomic E-state index is 0.0329. The zero-order valence-electron chi connectivity index (χ0n) is 22.6. The topological polar surface area (TPSA) is 127 Å². The Labute approximate surface area is 228 Å². The molecule has 10 nitrogen and oxygen atoms in total. The van der Waals surface area contributed by atoms with E-state index in [1.165, 1.54) is 18.7 Å². The number of nitrogens with zero attached hydrogens (tertiary/aromatic N) is 5. The van der Waals surface area contributed by atoms with Crippen molar-refractivity contribution in [3.63, 3.8) is 0 Å². The molecule has 0 aromatic carbocycles. The lowest BCUT2D eigenvalue weighted by Gasteiger charge is -2.32. The number of aromatic nitrogens is 4. The minimum Gasteiger partial charge on any atom is -0.309 e. The van der Waals surface area contributed by atoms with Crippen molar-refractivity contribution in [1.82, 2.24) is 24.4 Å². The van der Waals surface area contributed by atoms with Gasteiger partial charge in [-0.1, -0.05) is 18.9 Å². The van der Waals surface area contributed by atoms with E-state index in [0.717, 1.165) is 58.2 Å². The molecule has 0 spiro atoms. The van der Waals surface area contributed by atoms with Crippen molar-refractivity contribution in [3.8, 4) is 0 Å². The Kier molecular flexibility index (Phi) is 8.08. The van der Waals surface area contributed by atoms with Gasteiger partial charge in [0.2, 0.25) is 5.95 Å². The number of carbonyl (C=O) groups excluding carboxylic acids is 1. The van der Waals surface area contributed by atoms with Crippen molar-refractivity contribution < 1.29 is 13.2 Å². The van der Waals surface area contributed by atoms with Crippen LogP contribution in [0.5, 0.6) is 0 Å². The predicted molar refractivity (Wildman–Crippen MR) is 152 cm³/mol. The number of fused-ring (bicyclic) bond motifs is 1. The number of hydrogen-bond donors (Lipinski definition) is 1. The van der Waals surface area contributed by atoms with Crippen molar-refractivity contribution in [1.29, 1.82) is 0 Å². The molecule has 39 heavy (non-hydrogen) atoms. The lowest BCUT2D eigenvalue weighted by Crippen LogP contribution is -2.34. The third-order valence-electron chi connectivity index (χ3n) is 7.92. The van der Waals surface area contributed by atoms with Gasteiger partial charge in [0.25, 0.3) is 5.56 Å². The molecule has 1 aliphatic heterocycles. The zero-order valence-corrected chi connectivity index (χ0v) is 23.4. The Morgan fingerprint density at radius 1 is 1.08 bits per heavy atom. The van der Waals surface area contributed by atoms with Crippen molar-refractivity contribution in [2.45, 2.75) is 63.8 Å². The summed E-state index contributed by atoms with van der Waals surface area (Å²) in [7, 11) is -2.91. The molecule has 1 aliphatic carbocycles. The molecule has 11 heteroatoms. The van der Waals surface area contributed by atoms with Gasteiger partial charge in [0.05, 0.1) is 11.3 Å². The van der Waals surface area contributed by atoms with Gasteiger partial charge in [-0.05, 0) is 82.3 Å². The number of nitrogens with one attached hydrogen (secondary N) is 1. The maximum atomic E-state index is 13.2. The molecule has 1 saturated carbocycles. The highest BCUT2D eigenvalue weighted by molar-refractivity contribution is 7.90. The van der Waals surface area contributed by atoms with Gasteiger partial charge < -0.3 is 10.2 Å². The Hall–Kier alpha value is -3.18. The van der Waals surface area contributed by atoms with E-state index in [2.05, 4.69) is 31.2 Å². The van der Waals surface area contributed by atoms with Crippen LogP contribution in [-0.2, 0) is 9.84 Å². The highest BCUT2D eigenvalue weighted by Gasteiger charge is 2.24. The summed E-state index contributed by atoms with van der Waals surface area (Å²) in [6.45, 7) is 4.14. The smallest absolute Gasteiger partial charge is 0.263 e. The molecule has 208 valence electrons. The largest absolute Gasteiger partial charge is 0.309 e. The molecule has 1 saturated heterocycles. The Morgan fingerprint density at radius 2 is 1.82 bits per heavy atom. The Bertz CT molecular complexity index is 1510. The summed E-state index contributed by atoms with van der Waals surface area (Å²) in [6, 6.07) is 5.63. The molecule has 4 heterocycles. The molecule has 0 amide bonds. The van der Waals surface area contributed by atoms with Gasteiger partial charge in [0.15, 0.2) is 5.78 Å². The van der Waals surface area contributed by atoms with Crippen molar-refractivity contribution in [2.24, 2.45) is 0 Å². The minimum atomic E-state index is -2.91. The summed E-state index contributed by atoms with van der Waals surface area (Å²) in [5, 5.41) is 3.84. The van der Waals surface area contributed by atoms with Crippen LogP contribution in [0.3, 0.4) is 0 Å². The van der Waals surface area contributed by atoms with Gasteiger partial charge in [-0.15, -0.1) is 0 Å². The normalized spacial score (nSPS) is 17.6. The van der Waals surface area contributed by atoms with Crippen LogP contribution in [0.1, 0.15) is 79.8 Å². The van der Waals surface area contributed by atoms with Gasteiger partial charge in [-0.2, -0.15) is 4.98 Å². The summed E-state index contributed by atoms with van der Waals surface area (Å²) in [5.41, 5.74) is 1.61. The Balaban J connectivity index is 1.27. The maximum absolute atomic E-state index is 13.2. The van der Waals surface area contributed by atoms with Crippen LogP contribution in [0.2, 0.25) is 0 Å². The first kappa shape index (κ1) is 27.4. The van der Waals surface area contributed by atoms with Crippen LogP contribution < -0.4 is 10.9 Å². The number of rotatable bonds is 9. The molecule has 0 bridgehead atoms. The second-order valence-electron chi connectivity index (χ2n) is 10.9. The van der Waals surface area contributed by atoms with E-state index in [0.29, 0.717) is 35.1 Å². The molecule has 5 rings (SSSR count). The second-order valence-corrected chi connectivity index (χ2v) is 13.2. The van der Waals surface area contributed by atoms with Gasteiger partial charge in [0, 0.05) is 30.1 Å². The van der Waals surface area contributed by atoms with Crippen LogP contribution in [0.25, 0.3) is 11.0 Å². The maximum Gasteiger partial charge on any atom is 0.263 e. The lowest BCUT2D eigenvalue weighted by molar-refractivity contribution is 0.101. The average molecular weight is 553 g/mol. The van der Waals surface area contributed by atoms with Crippen LogP contribution in [0.4, 0.5) is 11.8 Å². The van der Waals surface area contributed by atoms with Crippen molar-refractivity contribution in [2.75, 3.05) is 37.0 Å². The molecule has 3 aromatic rings. The average Bonchev–Trinajstić information content (AvgIpc) is 3.43. The SMILES string of the molecule is CC(=O)c1cc2cnc(Nc3ccc(C4CCN(CCCS(C)(=O)=O)CC4)cn3)nc2n(C2CCCC2)c1=O. The van der Waals surface area contributed by atoms with E-state index in [4.69, 9.17) is 0 Å². The number of likely N-dealkylation sites (tertiary alicyclic amines) is 1. The van der Waals surface area contributed by atoms with Gasteiger partial charge in [0.1, 0.15) is 21.3 Å². The molecular formula is C28H36N6O4S. The zero-order chi connectivity index (χ0) is 27.6. The number of ketones is 1. The van der Waals surface area contributed by atoms with E-state index in [1.807, 2.05) is 12.3 Å². The van der Waals surface area contributed by atoms with E-state index in [1.54, 1.807) is 16.8 Å². The third kappa shape index (κ3) is 6.52. The quantitative estimate of drug-likeness (QED) is 0.394. The van der Waals surface area contributed by atoms with Gasteiger partial charge in [-0.3, -0.25) is 14.2 Å². The molecule has 2 fully saturated rings. The highest BCUT2D eigenvalue weighted by Crippen LogP contribution is 2.31. The standard InChI is InChI=1S/C28H36N6O4S/c1-19(35)24-16-22-18-30-28(32-26(22)34(27(24)36)23-6-3-4-7-23)31-25-9-8-21(17-29-25)20-10-13-33(14-11-20)12-5-15-39(2,37)38/h8-9,16-18,20,23H,3-7,10-15H2,1-2H3,(H,29,30,31,32). The third-order valence-corrected chi connectivity index (χ3v) is 8.95. The predicted octanol–water partition coefficient (Wildman–Crippen LogP) is 3.86. The van der Waals surface area contributed by atoms with Crippen LogP contribution in [0, 0.1) is 0 Å². The molecule has 1 N–H and O–H groups in total. The van der Waals surface area contributed by atoms with Crippen LogP contribution >= 0.6 is 0 Å². The van der Waals surface area contributed by atoms with E-state index in [-0.39, 0.29) is 28.7 Å². The Morgan fingerprint density at radius 3 is 2.46 bits per heavy atom. The summed E-state index contributed by atoms with van der Waals surface area (Å²) in [4.78, 5) is 41.4. The molecule has 3 aromatic heterocycles. The molecule has 2 aliphatic rings. The summed E-state index contributed by atoms with van der Waals surface area (Å²) >= 11 is 0. The number of anilines is 2. The summed E-state index contributed by atoms with van der Waals surface area (Å²) < 4.78 is 24.4. The number of pyridine rings is 2. The van der Waals surface area contributed by atoms with Crippen molar-refractivity contribution in [3.05, 3.63) is 52.1 Å². The molecule has 0 unspecified atom stereocenters. The fourth-order valence-electron chi connectivity index (χ4n) is 5.81. The fraction of sp³-hybridized carbons (Fsp3) is 0.536. The number of sulfone groups is 1.